The number of carboxylic acid groups (broad SMARTS) is 1. The van der Waals surface area contributed by atoms with E-state index < -0.39 is 5.97 Å². The Labute approximate surface area is 116 Å². The molecule has 0 radical (unpaired) electrons. The molecule has 0 bridgehead atoms. The highest BCUT2D eigenvalue weighted by molar-refractivity contribution is 6.21. The number of hydrogen-bond acceptors (Lipinski definition) is 3. The molecule has 1 N–H and O–H groups in total. The number of benzene rings is 1. The lowest BCUT2D eigenvalue weighted by molar-refractivity contribution is -0.131. The molecular weight excluding hydrogens is 258 g/mol. The molecule has 5 heteroatoms. The minimum Gasteiger partial charge on any atom is -0.478 e. The van der Waals surface area contributed by atoms with Crippen molar-refractivity contribution >= 4 is 29.5 Å². The van der Waals surface area contributed by atoms with Crippen LogP contribution in [-0.4, -0.2) is 22.9 Å². The van der Waals surface area contributed by atoms with Crippen molar-refractivity contribution in [3.63, 3.8) is 0 Å². The van der Waals surface area contributed by atoms with Gasteiger partial charge in [0.1, 0.15) is 0 Å². The van der Waals surface area contributed by atoms with Crippen molar-refractivity contribution < 1.29 is 19.5 Å². The van der Waals surface area contributed by atoms with E-state index >= 15 is 0 Å². The molecule has 2 rings (SSSR count). The quantitative estimate of drug-likeness (QED) is 0.675. The lowest BCUT2D eigenvalue weighted by Gasteiger charge is -2.17. The summed E-state index contributed by atoms with van der Waals surface area (Å²) in [6, 6.07) is 5.16. The van der Waals surface area contributed by atoms with Gasteiger partial charge in [0.2, 0.25) is 11.8 Å². The Morgan fingerprint density at radius 1 is 1.40 bits per heavy atom. The normalized spacial score (nSPS) is 19.1. The number of hydrogen-bond donors (Lipinski definition) is 1. The second kappa shape index (κ2) is 5.28. The van der Waals surface area contributed by atoms with Gasteiger partial charge in [-0.3, -0.25) is 14.5 Å². The third kappa shape index (κ3) is 2.61. The van der Waals surface area contributed by atoms with Crippen molar-refractivity contribution in [3.8, 4) is 0 Å². The number of aliphatic carboxylic acids is 1. The lowest BCUT2D eigenvalue weighted by Crippen LogP contribution is -2.30. The molecular formula is C15H15NO4. The highest BCUT2D eigenvalue weighted by Gasteiger charge is 2.37. The zero-order valence-electron chi connectivity index (χ0n) is 11.3. The van der Waals surface area contributed by atoms with E-state index in [2.05, 4.69) is 0 Å². The summed E-state index contributed by atoms with van der Waals surface area (Å²) in [5, 5.41) is 8.62. The Kier molecular flexibility index (Phi) is 3.70. The van der Waals surface area contributed by atoms with Gasteiger partial charge in [0.15, 0.2) is 0 Å². The van der Waals surface area contributed by atoms with Gasteiger partial charge in [0.25, 0.3) is 0 Å². The molecule has 0 spiro atoms. The summed E-state index contributed by atoms with van der Waals surface area (Å²) >= 11 is 0. The van der Waals surface area contributed by atoms with Crippen molar-refractivity contribution in [2.45, 2.75) is 20.3 Å². The Morgan fingerprint density at radius 3 is 2.65 bits per heavy atom. The van der Waals surface area contributed by atoms with Gasteiger partial charge >= 0.3 is 5.97 Å². The third-order valence-electron chi connectivity index (χ3n) is 3.26. The average Bonchev–Trinajstić information content (AvgIpc) is 2.63. The third-order valence-corrected chi connectivity index (χ3v) is 3.26. The van der Waals surface area contributed by atoms with Gasteiger partial charge in [-0.1, -0.05) is 19.1 Å². The molecule has 1 aliphatic heterocycles. The average molecular weight is 273 g/mol. The van der Waals surface area contributed by atoms with Gasteiger partial charge in [-0.2, -0.15) is 0 Å². The molecule has 104 valence electrons. The molecule has 1 aromatic carbocycles. The van der Waals surface area contributed by atoms with Crippen LogP contribution in [0, 0.1) is 12.8 Å². The van der Waals surface area contributed by atoms with E-state index in [0.717, 1.165) is 11.6 Å². The number of aryl methyl sites for hydroxylation is 1. The van der Waals surface area contributed by atoms with Crippen LogP contribution in [0.3, 0.4) is 0 Å². The molecule has 1 aromatic rings. The first-order valence-corrected chi connectivity index (χ1v) is 6.28. The Morgan fingerprint density at radius 2 is 2.10 bits per heavy atom. The predicted molar refractivity (Wildman–Crippen MR) is 74.1 cm³/mol. The van der Waals surface area contributed by atoms with Crippen LogP contribution < -0.4 is 4.90 Å². The molecule has 0 aliphatic carbocycles. The van der Waals surface area contributed by atoms with Crippen LogP contribution in [0.1, 0.15) is 24.5 Å². The first-order valence-electron chi connectivity index (χ1n) is 6.28. The molecule has 2 amide bonds. The van der Waals surface area contributed by atoms with E-state index in [4.69, 9.17) is 5.11 Å². The molecule has 1 fully saturated rings. The predicted octanol–water partition coefficient (Wildman–Crippen LogP) is 1.99. The number of carbonyl (C=O) groups excluding carboxylic acids is 2. The number of rotatable bonds is 3. The highest BCUT2D eigenvalue weighted by atomic mass is 16.4. The number of carboxylic acids is 1. The Balaban J connectivity index is 2.41. The van der Waals surface area contributed by atoms with Crippen molar-refractivity contribution in [2.24, 2.45) is 5.92 Å². The summed E-state index contributed by atoms with van der Waals surface area (Å²) in [5.74, 6) is -1.78. The van der Waals surface area contributed by atoms with Crippen molar-refractivity contribution in [2.75, 3.05) is 4.90 Å². The zero-order chi connectivity index (χ0) is 14.9. The Bertz CT molecular complexity index is 618. The second-order valence-corrected chi connectivity index (χ2v) is 4.89. The fourth-order valence-electron chi connectivity index (χ4n) is 2.18. The number of imide groups is 1. The number of nitrogens with zero attached hydrogens (tertiary/aromatic N) is 1. The summed E-state index contributed by atoms with van der Waals surface area (Å²) in [4.78, 5) is 35.7. The van der Waals surface area contributed by atoms with Crippen molar-refractivity contribution in [1.82, 2.24) is 0 Å². The van der Waals surface area contributed by atoms with E-state index in [1.165, 1.54) is 11.0 Å². The van der Waals surface area contributed by atoms with Gasteiger partial charge in [-0.15, -0.1) is 0 Å². The maximum Gasteiger partial charge on any atom is 0.328 e. The molecule has 1 heterocycles. The summed E-state index contributed by atoms with van der Waals surface area (Å²) < 4.78 is 0. The van der Waals surface area contributed by atoms with Crippen LogP contribution in [0.2, 0.25) is 0 Å². The maximum absolute atomic E-state index is 12.0. The fourth-order valence-corrected chi connectivity index (χ4v) is 2.18. The summed E-state index contributed by atoms with van der Waals surface area (Å²) in [6.07, 6.45) is 2.66. The SMILES string of the molecule is Cc1ccc(C=CC(=O)O)cc1N1C(=O)CC(C)C1=O. The van der Waals surface area contributed by atoms with E-state index in [0.29, 0.717) is 11.3 Å². The van der Waals surface area contributed by atoms with E-state index in [1.54, 1.807) is 25.1 Å². The fraction of sp³-hybridized carbons (Fsp3) is 0.267. The first-order chi connectivity index (χ1) is 9.40. The van der Waals surface area contributed by atoms with Crippen LogP contribution in [0.25, 0.3) is 6.08 Å². The van der Waals surface area contributed by atoms with Gasteiger partial charge in [-0.05, 0) is 30.2 Å². The van der Waals surface area contributed by atoms with Gasteiger partial charge in [0.05, 0.1) is 5.69 Å². The maximum atomic E-state index is 12.0. The minimum absolute atomic E-state index is 0.211. The standard InChI is InChI=1S/C15H15NO4/c1-9-3-4-11(5-6-14(18)19)8-12(9)16-13(17)7-10(2)15(16)20/h3-6,8,10H,7H2,1-2H3,(H,18,19). The molecule has 1 atom stereocenters. The first kappa shape index (κ1) is 14.0. The van der Waals surface area contributed by atoms with Crippen molar-refractivity contribution in [1.29, 1.82) is 0 Å². The molecule has 1 unspecified atom stereocenters. The number of carbonyl (C=O) groups is 3. The minimum atomic E-state index is -1.05. The highest BCUT2D eigenvalue weighted by Crippen LogP contribution is 2.29. The zero-order valence-corrected chi connectivity index (χ0v) is 11.3. The van der Waals surface area contributed by atoms with Gasteiger partial charge in [-0.25, -0.2) is 4.79 Å². The van der Waals surface area contributed by atoms with E-state index in [1.807, 2.05) is 6.92 Å². The molecule has 5 nitrogen and oxygen atoms in total. The molecule has 0 saturated carbocycles. The van der Waals surface area contributed by atoms with Crippen LogP contribution in [0.5, 0.6) is 0 Å². The van der Waals surface area contributed by atoms with Gasteiger partial charge < -0.3 is 5.11 Å². The molecule has 0 aromatic heterocycles. The summed E-state index contributed by atoms with van der Waals surface area (Å²) in [7, 11) is 0. The summed E-state index contributed by atoms with van der Waals surface area (Å²) in [5.41, 5.74) is 1.96. The molecule has 1 saturated heterocycles. The lowest BCUT2D eigenvalue weighted by atomic mass is 10.1. The smallest absolute Gasteiger partial charge is 0.328 e. The van der Waals surface area contributed by atoms with Crippen LogP contribution in [0.15, 0.2) is 24.3 Å². The van der Waals surface area contributed by atoms with E-state index in [9.17, 15) is 14.4 Å². The molecule has 1 aliphatic rings. The second-order valence-electron chi connectivity index (χ2n) is 4.89. The van der Waals surface area contributed by atoms with Crippen LogP contribution >= 0.6 is 0 Å². The monoisotopic (exact) mass is 273 g/mol. The molecule has 20 heavy (non-hydrogen) atoms. The van der Waals surface area contributed by atoms with Crippen LogP contribution in [-0.2, 0) is 14.4 Å². The van der Waals surface area contributed by atoms with Crippen molar-refractivity contribution in [3.05, 3.63) is 35.4 Å². The largest absolute Gasteiger partial charge is 0.478 e. The van der Waals surface area contributed by atoms with E-state index in [-0.39, 0.29) is 24.2 Å². The van der Waals surface area contributed by atoms with Crippen LogP contribution in [0.4, 0.5) is 5.69 Å². The summed E-state index contributed by atoms with van der Waals surface area (Å²) in [6.45, 7) is 3.54. The Hall–Kier alpha value is -2.43. The topological polar surface area (TPSA) is 74.7 Å². The number of anilines is 1. The number of amides is 2. The van der Waals surface area contributed by atoms with Gasteiger partial charge in [0, 0.05) is 18.4 Å².